The average molecular weight is 209 g/mol. The molecule has 1 aromatic rings. The molecule has 1 rings (SSSR count). The summed E-state index contributed by atoms with van der Waals surface area (Å²) >= 11 is 1.50. The van der Waals surface area contributed by atoms with E-state index in [9.17, 15) is 9.59 Å². The highest BCUT2D eigenvalue weighted by atomic mass is 32.2. The van der Waals surface area contributed by atoms with E-state index in [1.807, 2.05) is 12.3 Å². The molecule has 0 aromatic heterocycles. The molecule has 14 heavy (non-hydrogen) atoms. The topological polar surface area (TPSA) is 46.2 Å². The lowest BCUT2D eigenvalue weighted by atomic mass is 10.2. The summed E-state index contributed by atoms with van der Waals surface area (Å²) in [5.74, 6) is -0.140. The Balaban J connectivity index is 3.01. The van der Waals surface area contributed by atoms with E-state index in [0.29, 0.717) is 11.3 Å². The third-order valence-corrected chi connectivity index (χ3v) is 2.49. The molecule has 0 saturated carbocycles. The number of aldehydes is 1. The van der Waals surface area contributed by atoms with Crippen molar-refractivity contribution < 1.29 is 9.59 Å². The van der Waals surface area contributed by atoms with Gasteiger partial charge in [0.25, 0.3) is 0 Å². The van der Waals surface area contributed by atoms with Crippen LogP contribution in [0.2, 0.25) is 0 Å². The van der Waals surface area contributed by atoms with Gasteiger partial charge in [-0.3, -0.25) is 9.59 Å². The van der Waals surface area contributed by atoms with Crippen molar-refractivity contribution in [3.05, 3.63) is 23.8 Å². The first kappa shape index (κ1) is 10.8. The molecule has 0 fully saturated rings. The maximum atomic E-state index is 10.8. The predicted molar refractivity (Wildman–Crippen MR) is 57.9 cm³/mol. The quantitative estimate of drug-likeness (QED) is 0.613. The molecule has 0 bridgehead atoms. The van der Waals surface area contributed by atoms with Gasteiger partial charge in [0.2, 0.25) is 5.91 Å². The Hall–Kier alpha value is -1.29. The lowest BCUT2D eigenvalue weighted by molar-refractivity contribution is -0.114. The second-order valence-corrected chi connectivity index (χ2v) is 3.60. The van der Waals surface area contributed by atoms with Crippen LogP contribution in [-0.4, -0.2) is 18.4 Å². The molecule has 0 heterocycles. The molecule has 3 nitrogen and oxygen atoms in total. The Bertz CT molecular complexity index is 363. The molecule has 0 aliphatic carbocycles. The summed E-state index contributed by atoms with van der Waals surface area (Å²) in [5.41, 5.74) is 1.25. The Morgan fingerprint density at radius 3 is 2.71 bits per heavy atom. The minimum Gasteiger partial charge on any atom is -0.326 e. The average Bonchev–Trinajstić information content (AvgIpc) is 2.16. The van der Waals surface area contributed by atoms with E-state index in [1.165, 1.54) is 18.7 Å². The molecule has 1 amide bonds. The summed E-state index contributed by atoms with van der Waals surface area (Å²) in [5, 5.41) is 2.62. The number of thioether (sulfide) groups is 1. The van der Waals surface area contributed by atoms with E-state index >= 15 is 0 Å². The van der Waals surface area contributed by atoms with E-state index in [4.69, 9.17) is 0 Å². The second-order valence-electron chi connectivity index (χ2n) is 2.76. The number of rotatable bonds is 3. The Morgan fingerprint density at radius 2 is 2.21 bits per heavy atom. The third kappa shape index (κ3) is 2.60. The summed E-state index contributed by atoms with van der Waals surface area (Å²) in [4.78, 5) is 22.4. The maximum absolute atomic E-state index is 10.8. The maximum Gasteiger partial charge on any atom is 0.221 e. The minimum absolute atomic E-state index is 0.140. The van der Waals surface area contributed by atoms with Crippen molar-refractivity contribution in [2.24, 2.45) is 0 Å². The lowest BCUT2D eigenvalue weighted by Crippen LogP contribution is -2.06. The fourth-order valence-electron chi connectivity index (χ4n) is 1.11. The molecule has 4 heteroatoms. The number of carbonyl (C=O) groups excluding carboxylic acids is 2. The van der Waals surface area contributed by atoms with Gasteiger partial charge in [-0.05, 0) is 24.5 Å². The van der Waals surface area contributed by atoms with Crippen molar-refractivity contribution in [2.45, 2.75) is 11.8 Å². The number of carbonyl (C=O) groups is 2. The zero-order chi connectivity index (χ0) is 10.6. The van der Waals surface area contributed by atoms with Gasteiger partial charge < -0.3 is 5.32 Å². The van der Waals surface area contributed by atoms with E-state index in [1.54, 1.807) is 12.1 Å². The monoisotopic (exact) mass is 209 g/mol. The minimum atomic E-state index is -0.140. The van der Waals surface area contributed by atoms with Crippen LogP contribution < -0.4 is 5.32 Å². The van der Waals surface area contributed by atoms with Crippen LogP contribution in [0, 0.1) is 0 Å². The van der Waals surface area contributed by atoms with Crippen LogP contribution in [0.15, 0.2) is 23.1 Å². The van der Waals surface area contributed by atoms with E-state index < -0.39 is 0 Å². The van der Waals surface area contributed by atoms with Gasteiger partial charge in [0.1, 0.15) is 0 Å². The van der Waals surface area contributed by atoms with Gasteiger partial charge in [0.05, 0.1) is 0 Å². The molecule has 1 N–H and O–H groups in total. The normalized spacial score (nSPS) is 9.57. The highest BCUT2D eigenvalue weighted by molar-refractivity contribution is 7.98. The summed E-state index contributed by atoms with van der Waals surface area (Å²) < 4.78 is 0. The molecule has 1 aromatic carbocycles. The van der Waals surface area contributed by atoms with Crippen molar-refractivity contribution in [3.63, 3.8) is 0 Å². The summed E-state index contributed by atoms with van der Waals surface area (Å²) in [6.07, 6.45) is 2.69. The number of nitrogens with one attached hydrogen (secondary N) is 1. The first-order valence-corrected chi connectivity index (χ1v) is 5.30. The van der Waals surface area contributed by atoms with Gasteiger partial charge in [0, 0.05) is 23.1 Å². The smallest absolute Gasteiger partial charge is 0.221 e. The van der Waals surface area contributed by atoms with Crippen LogP contribution >= 0.6 is 11.8 Å². The van der Waals surface area contributed by atoms with Crippen molar-refractivity contribution in [3.8, 4) is 0 Å². The van der Waals surface area contributed by atoms with Gasteiger partial charge in [0.15, 0.2) is 6.29 Å². The van der Waals surface area contributed by atoms with E-state index in [0.717, 1.165) is 11.2 Å². The molecule has 74 valence electrons. The number of amides is 1. The zero-order valence-electron chi connectivity index (χ0n) is 8.03. The zero-order valence-corrected chi connectivity index (χ0v) is 8.85. The van der Waals surface area contributed by atoms with Gasteiger partial charge in [-0.15, -0.1) is 11.8 Å². The fraction of sp³-hybridized carbons (Fsp3) is 0.200. The van der Waals surface area contributed by atoms with Crippen LogP contribution in [0.25, 0.3) is 0 Å². The van der Waals surface area contributed by atoms with Crippen LogP contribution in [0.3, 0.4) is 0 Å². The summed E-state index contributed by atoms with van der Waals surface area (Å²) in [6.45, 7) is 1.43. The first-order chi connectivity index (χ1) is 6.67. The van der Waals surface area contributed by atoms with Crippen LogP contribution in [-0.2, 0) is 4.79 Å². The van der Waals surface area contributed by atoms with Gasteiger partial charge >= 0.3 is 0 Å². The standard InChI is InChI=1S/C10H11NO2S/c1-7(13)11-9-3-4-10(14-2)8(5-9)6-12/h3-6H,1-2H3,(H,11,13). The van der Waals surface area contributed by atoms with Crippen molar-refractivity contribution in [1.82, 2.24) is 0 Å². The number of anilines is 1. The number of hydrogen-bond acceptors (Lipinski definition) is 3. The van der Waals surface area contributed by atoms with Crippen LogP contribution in [0.5, 0.6) is 0 Å². The molecule has 0 unspecified atom stereocenters. The summed E-state index contributed by atoms with van der Waals surface area (Å²) in [7, 11) is 0. The summed E-state index contributed by atoms with van der Waals surface area (Å²) in [6, 6.07) is 5.26. The van der Waals surface area contributed by atoms with Crippen molar-refractivity contribution >= 4 is 29.6 Å². The molecule has 0 aliphatic heterocycles. The van der Waals surface area contributed by atoms with Crippen molar-refractivity contribution in [2.75, 3.05) is 11.6 Å². The Kier molecular flexibility index (Phi) is 3.71. The van der Waals surface area contributed by atoms with Crippen molar-refractivity contribution in [1.29, 1.82) is 0 Å². The Labute approximate surface area is 86.9 Å². The fourth-order valence-corrected chi connectivity index (χ4v) is 1.65. The van der Waals surface area contributed by atoms with E-state index in [2.05, 4.69) is 5.32 Å². The van der Waals surface area contributed by atoms with E-state index in [-0.39, 0.29) is 5.91 Å². The highest BCUT2D eigenvalue weighted by Crippen LogP contribution is 2.22. The predicted octanol–water partition coefficient (Wildman–Crippen LogP) is 2.18. The van der Waals surface area contributed by atoms with Crippen LogP contribution in [0.1, 0.15) is 17.3 Å². The lowest BCUT2D eigenvalue weighted by Gasteiger charge is -2.05. The van der Waals surface area contributed by atoms with Crippen LogP contribution in [0.4, 0.5) is 5.69 Å². The molecule has 0 spiro atoms. The molecular formula is C10H11NO2S. The Morgan fingerprint density at radius 1 is 1.50 bits per heavy atom. The first-order valence-electron chi connectivity index (χ1n) is 4.08. The molecule has 0 radical (unpaired) electrons. The largest absolute Gasteiger partial charge is 0.326 e. The highest BCUT2D eigenvalue weighted by Gasteiger charge is 2.02. The van der Waals surface area contributed by atoms with Gasteiger partial charge in [-0.25, -0.2) is 0 Å². The number of benzene rings is 1. The van der Waals surface area contributed by atoms with Gasteiger partial charge in [-0.2, -0.15) is 0 Å². The number of hydrogen-bond donors (Lipinski definition) is 1. The molecule has 0 aliphatic rings. The third-order valence-electron chi connectivity index (χ3n) is 1.68. The molecular weight excluding hydrogens is 198 g/mol. The molecule has 0 atom stereocenters. The second kappa shape index (κ2) is 4.81. The SMILES string of the molecule is CSc1ccc(NC(C)=O)cc1C=O. The van der Waals surface area contributed by atoms with Gasteiger partial charge in [-0.1, -0.05) is 0 Å². The molecule has 0 saturated heterocycles.